The summed E-state index contributed by atoms with van der Waals surface area (Å²) in [6, 6.07) is 10.5. The molecule has 0 bridgehead atoms. The van der Waals surface area contributed by atoms with Gasteiger partial charge in [0.2, 0.25) is 5.91 Å². The van der Waals surface area contributed by atoms with Crippen molar-refractivity contribution in [2.75, 3.05) is 16.8 Å². The normalized spacial score (nSPS) is 14.2. The number of para-hydroxylation sites is 2. The van der Waals surface area contributed by atoms with Crippen LogP contribution >= 0.6 is 0 Å². The van der Waals surface area contributed by atoms with Crippen LogP contribution in [0, 0.1) is 0 Å². The second-order valence-corrected chi connectivity index (χ2v) is 5.05. The zero-order valence-corrected chi connectivity index (χ0v) is 12.0. The molecule has 0 radical (unpaired) electrons. The lowest BCUT2D eigenvalue weighted by Crippen LogP contribution is -2.30. The van der Waals surface area contributed by atoms with Crippen molar-refractivity contribution < 1.29 is 14.0 Å². The highest BCUT2D eigenvalue weighted by Gasteiger charge is 2.24. The van der Waals surface area contributed by atoms with Crippen LogP contribution in [-0.4, -0.2) is 18.5 Å². The van der Waals surface area contributed by atoms with Crippen molar-refractivity contribution in [3.05, 3.63) is 48.4 Å². The summed E-state index contributed by atoms with van der Waals surface area (Å²) < 4.78 is 5.16. The Morgan fingerprint density at radius 2 is 2.09 bits per heavy atom. The Morgan fingerprint density at radius 1 is 1.23 bits per heavy atom. The summed E-state index contributed by atoms with van der Waals surface area (Å²) in [4.78, 5) is 25.6. The fraction of sp³-hybridized carbons (Fsp3) is 0.250. The minimum Gasteiger partial charge on any atom is -0.467 e. The number of nitrogens with zero attached hydrogens (tertiary/aromatic N) is 1. The van der Waals surface area contributed by atoms with Crippen LogP contribution < -0.4 is 15.5 Å². The number of urea groups is 1. The van der Waals surface area contributed by atoms with Crippen LogP contribution in [0.1, 0.15) is 18.6 Å². The Bertz CT molecular complexity index is 667. The van der Waals surface area contributed by atoms with E-state index in [-0.39, 0.29) is 11.9 Å². The molecule has 22 heavy (non-hydrogen) atoms. The Balaban J connectivity index is 1.67. The maximum absolute atomic E-state index is 12.0. The monoisotopic (exact) mass is 299 g/mol. The van der Waals surface area contributed by atoms with E-state index in [1.54, 1.807) is 29.4 Å². The first-order valence-electron chi connectivity index (χ1n) is 7.20. The van der Waals surface area contributed by atoms with Crippen molar-refractivity contribution in [3.63, 3.8) is 0 Å². The molecule has 0 unspecified atom stereocenters. The van der Waals surface area contributed by atoms with Crippen LogP contribution in [0.3, 0.4) is 0 Å². The van der Waals surface area contributed by atoms with E-state index < -0.39 is 0 Å². The highest BCUT2D eigenvalue weighted by molar-refractivity contribution is 6.01. The summed E-state index contributed by atoms with van der Waals surface area (Å²) in [6.45, 7) is 0.995. The lowest BCUT2D eigenvalue weighted by atomic mass is 10.2. The second kappa shape index (κ2) is 6.34. The van der Waals surface area contributed by atoms with Gasteiger partial charge in [-0.3, -0.25) is 4.79 Å². The first-order valence-corrected chi connectivity index (χ1v) is 7.20. The molecule has 6 heteroatoms. The Kier molecular flexibility index (Phi) is 4.09. The van der Waals surface area contributed by atoms with Crippen molar-refractivity contribution >= 4 is 23.3 Å². The highest BCUT2D eigenvalue weighted by Crippen LogP contribution is 2.29. The quantitative estimate of drug-likeness (QED) is 0.911. The summed E-state index contributed by atoms with van der Waals surface area (Å²) in [5.41, 5.74) is 1.35. The van der Waals surface area contributed by atoms with E-state index in [4.69, 9.17) is 4.42 Å². The van der Waals surface area contributed by atoms with Gasteiger partial charge in [0.15, 0.2) is 0 Å². The standard InChI is InChI=1S/C16H17N3O3/c20-15-8-3-9-19(15)14-7-2-1-6-13(14)18-16(21)17-11-12-5-4-10-22-12/h1-2,4-7,10H,3,8-9,11H2,(H2,17,18,21). The predicted octanol–water partition coefficient (Wildman–Crippen LogP) is 2.73. The number of hydrogen-bond donors (Lipinski definition) is 2. The van der Waals surface area contributed by atoms with Crippen molar-refractivity contribution in [1.82, 2.24) is 5.32 Å². The minimum absolute atomic E-state index is 0.0882. The fourth-order valence-electron chi connectivity index (χ4n) is 2.46. The first kappa shape index (κ1) is 14.2. The largest absolute Gasteiger partial charge is 0.467 e. The molecule has 2 heterocycles. The van der Waals surface area contributed by atoms with Gasteiger partial charge >= 0.3 is 6.03 Å². The third kappa shape index (κ3) is 3.11. The summed E-state index contributed by atoms with van der Waals surface area (Å²) >= 11 is 0. The Labute approximate surface area is 128 Å². The molecule has 1 aliphatic heterocycles. The average Bonchev–Trinajstić information content (AvgIpc) is 3.17. The molecule has 3 rings (SSSR count). The molecule has 2 N–H and O–H groups in total. The van der Waals surface area contributed by atoms with Crippen LogP contribution in [0.25, 0.3) is 0 Å². The maximum atomic E-state index is 12.0. The average molecular weight is 299 g/mol. The zero-order valence-electron chi connectivity index (χ0n) is 12.0. The number of nitrogens with one attached hydrogen (secondary N) is 2. The Morgan fingerprint density at radius 3 is 2.82 bits per heavy atom. The molecular formula is C16H17N3O3. The molecular weight excluding hydrogens is 282 g/mol. The molecule has 1 saturated heterocycles. The summed E-state index contributed by atoms with van der Waals surface area (Å²) in [6.07, 6.45) is 2.96. The number of furan rings is 1. The molecule has 1 aliphatic rings. The zero-order chi connectivity index (χ0) is 15.4. The number of carbonyl (C=O) groups is 2. The first-order chi connectivity index (χ1) is 10.7. The van der Waals surface area contributed by atoms with E-state index in [9.17, 15) is 9.59 Å². The minimum atomic E-state index is -0.338. The molecule has 0 aliphatic carbocycles. The van der Waals surface area contributed by atoms with E-state index in [1.807, 2.05) is 18.2 Å². The smallest absolute Gasteiger partial charge is 0.319 e. The molecule has 1 fully saturated rings. The molecule has 6 nitrogen and oxygen atoms in total. The van der Waals surface area contributed by atoms with Crippen molar-refractivity contribution in [2.45, 2.75) is 19.4 Å². The van der Waals surface area contributed by atoms with Gasteiger partial charge in [0, 0.05) is 13.0 Å². The highest BCUT2D eigenvalue weighted by atomic mass is 16.3. The third-order valence-corrected chi connectivity index (χ3v) is 3.52. The van der Waals surface area contributed by atoms with Gasteiger partial charge in [0.25, 0.3) is 0 Å². The van der Waals surface area contributed by atoms with Gasteiger partial charge in [-0.05, 0) is 30.7 Å². The lowest BCUT2D eigenvalue weighted by Gasteiger charge is -2.20. The molecule has 0 saturated carbocycles. The molecule has 1 aromatic heterocycles. The van der Waals surface area contributed by atoms with Crippen LogP contribution in [0.2, 0.25) is 0 Å². The third-order valence-electron chi connectivity index (χ3n) is 3.52. The molecule has 0 atom stereocenters. The number of benzene rings is 1. The molecule has 2 aromatic rings. The Hall–Kier alpha value is -2.76. The van der Waals surface area contributed by atoms with Crippen LogP contribution in [-0.2, 0) is 11.3 Å². The molecule has 1 aromatic carbocycles. The van der Waals surface area contributed by atoms with E-state index in [1.165, 1.54) is 0 Å². The van der Waals surface area contributed by atoms with E-state index >= 15 is 0 Å². The van der Waals surface area contributed by atoms with Crippen LogP contribution in [0.15, 0.2) is 47.1 Å². The van der Waals surface area contributed by atoms with Gasteiger partial charge in [-0.1, -0.05) is 12.1 Å². The lowest BCUT2D eigenvalue weighted by molar-refractivity contribution is -0.117. The summed E-state index contributed by atoms with van der Waals surface area (Å²) in [7, 11) is 0. The number of amides is 3. The predicted molar refractivity (Wildman–Crippen MR) is 82.6 cm³/mol. The molecule has 3 amide bonds. The molecule has 114 valence electrons. The fourth-order valence-corrected chi connectivity index (χ4v) is 2.46. The van der Waals surface area contributed by atoms with E-state index in [0.717, 1.165) is 12.1 Å². The second-order valence-electron chi connectivity index (χ2n) is 5.05. The van der Waals surface area contributed by atoms with Crippen molar-refractivity contribution in [3.8, 4) is 0 Å². The van der Waals surface area contributed by atoms with Crippen LogP contribution in [0.4, 0.5) is 16.2 Å². The van der Waals surface area contributed by atoms with Gasteiger partial charge in [-0.2, -0.15) is 0 Å². The number of hydrogen-bond acceptors (Lipinski definition) is 3. The van der Waals surface area contributed by atoms with Crippen molar-refractivity contribution in [1.29, 1.82) is 0 Å². The summed E-state index contributed by atoms with van der Waals surface area (Å²) in [5, 5.41) is 5.50. The number of anilines is 2. The topological polar surface area (TPSA) is 74.6 Å². The summed E-state index contributed by atoms with van der Waals surface area (Å²) in [5.74, 6) is 0.767. The van der Waals surface area contributed by atoms with Gasteiger partial charge in [0.05, 0.1) is 24.2 Å². The SMILES string of the molecule is O=C(NCc1ccco1)Nc1ccccc1N1CCCC1=O. The van der Waals surface area contributed by atoms with Gasteiger partial charge < -0.3 is 20.0 Å². The van der Waals surface area contributed by atoms with Crippen LogP contribution in [0.5, 0.6) is 0 Å². The molecule has 0 spiro atoms. The maximum Gasteiger partial charge on any atom is 0.319 e. The van der Waals surface area contributed by atoms with Gasteiger partial charge in [0.1, 0.15) is 5.76 Å². The van der Waals surface area contributed by atoms with Crippen molar-refractivity contribution in [2.24, 2.45) is 0 Å². The van der Waals surface area contributed by atoms with Gasteiger partial charge in [-0.25, -0.2) is 4.79 Å². The van der Waals surface area contributed by atoms with E-state index in [0.29, 0.717) is 31.0 Å². The number of carbonyl (C=O) groups excluding carboxylic acids is 2. The van der Waals surface area contributed by atoms with Gasteiger partial charge in [-0.15, -0.1) is 0 Å². The number of rotatable bonds is 4. The van der Waals surface area contributed by atoms with E-state index in [2.05, 4.69) is 10.6 Å².